The molecule has 0 radical (unpaired) electrons. The lowest BCUT2D eigenvalue weighted by atomic mass is 9.80. The monoisotopic (exact) mass is 529 g/mol. The van der Waals surface area contributed by atoms with Gasteiger partial charge in [-0.3, -0.25) is 24.0 Å². The lowest BCUT2D eigenvalue weighted by Gasteiger charge is -2.35. The molecule has 8 heteroatoms. The van der Waals surface area contributed by atoms with E-state index >= 15 is 0 Å². The summed E-state index contributed by atoms with van der Waals surface area (Å²) in [5.74, 6) is -1.53. The number of ketones is 2. The zero-order valence-electron chi connectivity index (χ0n) is 23.9. The number of amides is 3. The summed E-state index contributed by atoms with van der Waals surface area (Å²) < 4.78 is 0. The van der Waals surface area contributed by atoms with Crippen molar-refractivity contribution >= 4 is 29.3 Å². The van der Waals surface area contributed by atoms with Gasteiger partial charge in [0.2, 0.25) is 17.6 Å². The van der Waals surface area contributed by atoms with E-state index in [1.807, 2.05) is 6.92 Å². The largest absolute Gasteiger partial charge is 0.349 e. The molecular weight excluding hydrogens is 482 g/mol. The Kier molecular flexibility index (Phi) is 9.93. The first-order valence-corrected chi connectivity index (χ1v) is 14.5. The molecule has 0 bridgehead atoms. The molecule has 38 heavy (non-hydrogen) atoms. The van der Waals surface area contributed by atoms with Gasteiger partial charge in [0.1, 0.15) is 11.8 Å². The highest BCUT2D eigenvalue weighted by Gasteiger charge is 2.69. The quantitative estimate of drug-likeness (QED) is 0.280. The van der Waals surface area contributed by atoms with Crippen LogP contribution in [0, 0.1) is 35.0 Å². The van der Waals surface area contributed by atoms with Gasteiger partial charge in [0.05, 0.1) is 6.04 Å². The van der Waals surface area contributed by atoms with Crippen molar-refractivity contribution in [2.75, 3.05) is 13.1 Å². The predicted octanol–water partition coefficient (Wildman–Crippen LogP) is 3.44. The van der Waals surface area contributed by atoms with Gasteiger partial charge >= 0.3 is 0 Å². The van der Waals surface area contributed by atoms with Gasteiger partial charge < -0.3 is 15.5 Å². The lowest BCUT2D eigenvalue weighted by Crippen LogP contribution is -2.56. The molecule has 0 unspecified atom stereocenters. The summed E-state index contributed by atoms with van der Waals surface area (Å²) in [5.41, 5.74) is -0.0478. The van der Waals surface area contributed by atoms with Gasteiger partial charge in [-0.15, -0.1) is 6.58 Å². The molecule has 2 saturated carbocycles. The highest BCUT2D eigenvalue weighted by molar-refractivity contribution is 6.38. The molecule has 3 rings (SSSR count). The third-order valence-corrected chi connectivity index (χ3v) is 9.32. The summed E-state index contributed by atoms with van der Waals surface area (Å²) in [6, 6.07) is -1.66. The standard InChI is InChI=1S/C30H47N3O5/c1-7-8-14-22(26(35)28(37)31-16-15-23(34)18(2)3)32-27(36)25-24-21(30(24,5)6)17-33(25)29(38)19(4)20-12-10-9-11-13-20/h7,18-22,24-25H,1,8-17H2,2-6H3,(H,31,37)(H,32,36)/t19-,21-,22-,24-,25-/m0/s1. The van der Waals surface area contributed by atoms with Gasteiger partial charge in [-0.2, -0.15) is 0 Å². The number of allylic oxidation sites excluding steroid dienone is 1. The van der Waals surface area contributed by atoms with E-state index in [4.69, 9.17) is 0 Å². The molecule has 3 aliphatic rings. The van der Waals surface area contributed by atoms with Crippen LogP contribution >= 0.6 is 0 Å². The van der Waals surface area contributed by atoms with Crippen LogP contribution in [0.2, 0.25) is 0 Å². The van der Waals surface area contributed by atoms with Gasteiger partial charge in [-0.25, -0.2) is 0 Å². The average molecular weight is 530 g/mol. The van der Waals surface area contributed by atoms with Gasteiger partial charge in [0.25, 0.3) is 5.91 Å². The number of piperidine rings is 1. The average Bonchev–Trinajstić information content (AvgIpc) is 3.22. The summed E-state index contributed by atoms with van der Waals surface area (Å²) in [6.45, 7) is 14.2. The molecule has 2 aliphatic carbocycles. The van der Waals surface area contributed by atoms with Crippen LogP contribution in [-0.2, 0) is 24.0 Å². The molecule has 0 aromatic rings. The molecule has 3 amide bonds. The van der Waals surface area contributed by atoms with Crippen molar-refractivity contribution in [1.29, 1.82) is 0 Å². The fourth-order valence-electron chi connectivity index (χ4n) is 6.55. The lowest BCUT2D eigenvalue weighted by molar-refractivity contribution is -0.146. The maximum absolute atomic E-state index is 13.7. The smallest absolute Gasteiger partial charge is 0.289 e. The van der Waals surface area contributed by atoms with Crippen molar-refractivity contribution < 1.29 is 24.0 Å². The maximum Gasteiger partial charge on any atom is 0.289 e. The Balaban J connectivity index is 1.69. The fraction of sp³-hybridized carbons (Fsp3) is 0.767. The molecule has 1 aliphatic heterocycles. The molecule has 0 aromatic heterocycles. The van der Waals surface area contributed by atoms with Crippen molar-refractivity contribution in [3.8, 4) is 0 Å². The Labute approximate surface area is 227 Å². The molecule has 0 aromatic carbocycles. The van der Waals surface area contributed by atoms with Crippen LogP contribution in [-0.4, -0.2) is 59.4 Å². The number of hydrogen-bond acceptors (Lipinski definition) is 5. The zero-order valence-corrected chi connectivity index (χ0v) is 23.9. The number of rotatable bonds is 13. The van der Waals surface area contributed by atoms with Gasteiger partial charge in [0, 0.05) is 31.3 Å². The van der Waals surface area contributed by atoms with Crippen LogP contribution < -0.4 is 10.6 Å². The molecule has 212 valence electrons. The number of likely N-dealkylation sites (tertiary alicyclic amines) is 1. The van der Waals surface area contributed by atoms with E-state index in [-0.39, 0.29) is 66.1 Å². The Bertz CT molecular complexity index is 936. The Morgan fingerprint density at radius 3 is 2.32 bits per heavy atom. The van der Waals surface area contributed by atoms with Crippen LogP contribution in [0.25, 0.3) is 0 Å². The van der Waals surface area contributed by atoms with E-state index in [9.17, 15) is 24.0 Å². The minimum absolute atomic E-state index is 0.00399. The summed E-state index contributed by atoms with van der Waals surface area (Å²) in [4.78, 5) is 66.6. The molecule has 8 nitrogen and oxygen atoms in total. The Hall–Kier alpha value is -2.51. The predicted molar refractivity (Wildman–Crippen MR) is 146 cm³/mol. The van der Waals surface area contributed by atoms with Crippen molar-refractivity contribution in [2.24, 2.45) is 35.0 Å². The van der Waals surface area contributed by atoms with Crippen LogP contribution in [0.4, 0.5) is 0 Å². The third-order valence-electron chi connectivity index (χ3n) is 9.32. The fourth-order valence-corrected chi connectivity index (χ4v) is 6.55. The Morgan fingerprint density at radius 2 is 1.71 bits per heavy atom. The van der Waals surface area contributed by atoms with Crippen LogP contribution in [0.1, 0.15) is 86.0 Å². The zero-order chi connectivity index (χ0) is 28.2. The number of carbonyl (C=O) groups excluding carboxylic acids is 5. The minimum Gasteiger partial charge on any atom is -0.349 e. The summed E-state index contributed by atoms with van der Waals surface area (Å²) in [7, 11) is 0. The highest BCUT2D eigenvalue weighted by atomic mass is 16.2. The number of nitrogens with zero attached hydrogens (tertiary/aromatic N) is 1. The first-order chi connectivity index (χ1) is 17.9. The molecular formula is C30H47N3O5. The van der Waals surface area contributed by atoms with E-state index in [0.29, 0.717) is 18.9 Å². The van der Waals surface area contributed by atoms with Crippen LogP contribution in [0.15, 0.2) is 12.7 Å². The first-order valence-electron chi connectivity index (χ1n) is 14.5. The minimum atomic E-state index is -1.02. The SMILES string of the molecule is C=CCC[C@H](NC(=O)[C@@H]1[C@@H]2[C@H](CN1C(=O)[C@@H](C)C1CCCCC1)C2(C)C)C(=O)C(=O)NCCC(=O)C(C)C. The van der Waals surface area contributed by atoms with Crippen molar-refractivity contribution in [1.82, 2.24) is 15.5 Å². The second kappa shape index (κ2) is 12.6. The second-order valence-electron chi connectivity index (χ2n) is 12.5. The van der Waals surface area contributed by atoms with Crippen molar-refractivity contribution in [3.05, 3.63) is 12.7 Å². The summed E-state index contributed by atoms with van der Waals surface area (Å²) in [6.07, 6.45) is 8.07. The van der Waals surface area contributed by atoms with Crippen LogP contribution in [0.3, 0.4) is 0 Å². The molecule has 1 saturated heterocycles. The van der Waals surface area contributed by atoms with Gasteiger partial charge in [0.15, 0.2) is 0 Å². The van der Waals surface area contributed by atoms with Gasteiger partial charge in [-0.1, -0.05) is 60.0 Å². The van der Waals surface area contributed by atoms with Gasteiger partial charge in [-0.05, 0) is 48.9 Å². The van der Waals surface area contributed by atoms with E-state index in [2.05, 4.69) is 31.1 Å². The first kappa shape index (κ1) is 30.0. The maximum atomic E-state index is 13.7. The highest BCUT2D eigenvalue weighted by Crippen LogP contribution is 2.65. The second-order valence-corrected chi connectivity index (χ2v) is 12.5. The number of Topliss-reactive ketones (excluding diaryl/α,β-unsaturated/α-hetero) is 2. The molecule has 3 fully saturated rings. The third kappa shape index (κ3) is 6.55. The van der Waals surface area contributed by atoms with Crippen LogP contribution in [0.5, 0.6) is 0 Å². The molecule has 2 N–H and O–H groups in total. The molecule has 1 heterocycles. The van der Waals surface area contributed by atoms with E-state index < -0.39 is 23.8 Å². The van der Waals surface area contributed by atoms with Crippen molar-refractivity contribution in [3.63, 3.8) is 0 Å². The number of nitrogens with one attached hydrogen (secondary N) is 2. The topological polar surface area (TPSA) is 113 Å². The number of hydrogen-bond donors (Lipinski definition) is 2. The van der Waals surface area contributed by atoms with E-state index in [0.717, 1.165) is 25.7 Å². The van der Waals surface area contributed by atoms with E-state index in [1.54, 1.807) is 24.8 Å². The Morgan fingerprint density at radius 1 is 1.05 bits per heavy atom. The van der Waals surface area contributed by atoms with E-state index in [1.165, 1.54) is 6.42 Å². The molecule has 0 spiro atoms. The molecule has 5 atom stereocenters. The summed E-state index contributed by atoms with van der Waals surface area (Å²) in [5, 5.41) is 5.36. The number of fused-ring (bicyclic) bond motifs is 1. The number of carbonyl (C=O) groups is 5. The van der Waals surface area contributed by atoms with Crippen molar-refractivity contribution in [2.45, 2.75) is 98.1 Å². The normalized spacial score (nSPS) is 25.7. The summed E-state index contributed by atoms with van der Waals surface area (Å²) >= 11 is 0.